The van der Waals surface area contributed by atoms with Gasteiger partial charge in [-0.3, -0.25) is 9.59 Å². The minimum absolute atomic E-state index is 0.0572. The number of amides is 2. The van der Waals surface area contributed by atoms with Crippen molar-refractivity contribution in [3.05, 3.63) is 34.6 Å². The molecule has 0 bridgehead atoms. The molecule has 0 spiro atoms. The van der Waals surface area contributed by atoms with Crippen molar-refractivity contribution in [1.82, 2.24) is 9.80 Å². The number of hydrogen-bond donors (Lipinski definition) is 0. The van der Waals surface area contributed by atoms with Gasteiger partial charge in [-0.15, -0.1) is 0 Å². The lowest BCUT2D eigenvalue weighted by atomic mass is 9.94. The van der Waals surface area contributed by atoms with Crippen molar-refractivity contribution in [2.75, 3.05) is 26.2 Å². The van der Waals surface area contributed by atoms with Gasteiger partial charge in [-0.05, 0) is 37.8 Å². The maximum Gasteiger partial charge on any atom is 0.258 e. The summed E-state index contributed by atoms with van der Waals surface area (Å²) in [5.74, 6) is -0.876. The molecule has 0 radical (unpaired) electrons. The van der Waals surface area contributed by atoms with E-state index in [0.29, 0.717) is 25.9 Å². The number of nitrogens with zero attached hydrogens (tertiary/aromatic N) is 2. The van der Waals surface area contributed by atoms with Crippen LogP contribution in [0.5, 0.6) is 0 Å². The maximum atomic E-state index is 13.9. The number of carbonyl (C=O) groups excluding carboxylic acids is 2. The van der Waals surface area contributed by atoms with E-state index >= 15 is 0 Å². The number of rotatable bonds is 6. The highest BCUT2D eigenvalue weighted by Gasteiger charge is 2.31. The van der Waals surface area contributed by atoms with Gasteiger partial charge in [0.2, 0.25) is 5.91 Å². The molecule has 138 valence electrons. The summed E-state index contributed by atoms with van der Waals surface area (Å²) in [4.78, 5) is 28.8. The molecule has 0 aromatic heterocycles. The zero-order valence-electron chi connectivity index (χ0n) is 14.9. The Morgan fingerprint density at radius 3 is 2.32 bits per heavy atom. The van der Waals surface area contributed by atoms with E-state index in [2.05, 4.69) is 13.8 Å². The first kappa shape index (κ1) is 19.7. The van der Waals surface area contributed by atoms with E-state index in [1.165, 1.54) is 18.2 Å². The molecular formula is C19H26ClFN2O2. The molecule has 0 N–H and O–H groups in total. The standard InChI is InChI=1S/C19H26ClFN2O2/c1-3-10-22(11-4-2)18(24)14-8-12-23(13-9-14)19(25)17-15(20)6-5-7-16(17)21/h5-7,14H,3-4,8-13H2,1-2H3. The van der Waals surface area contributed by atoms with Gasteiger partial charge in [-0.25, -0.2) is 4.39 Å². The zero-order chi connectivity index (χ0) is 18.4. The second kappa shape index (κ2) is 9.18. The Balaban J connectivity index is 1.99. The van der Waals surface area contributed by atoms with E-state index < -0.39 is 11.7 Å². The van der Waals surface area contributed by atoms with E-state index in [1.54, 1.807) is 4.90 Å². The third-order valence-corrected chi connectivity index (χ3v) is 4.92. The summed E-state index contributed by atoms with van der Waals surface area (Å²) in [6, 6.07) is 4.24. The van der Waals surface area contributed by atoms with Crippen LogP contribution in [0.3, 0.4) is 0 Å². The van der Waals surface area contributed by atoms with Crippen LogP contribution >= 0.6 is 11.6 Å². The first-order chi connectivity index (χ1) is 12.0. The van der Waals surface area contributed by atoms with Crippen LogP contribution in [-0.2, 0) is 4.79 Å². The predicted molar refractivity (Wildman–Crippen MR) is 97.2 cm³/mol. The Labute approximate surface area is 153 Å². The fourth-order valence-electron chi connectivity index (χ4n) is 3.32. The van der Waals surface area contributed by atoms with Crippen LogP contribution in [0.1, 0.15) is 49.9 Å². The van der Waals surface area contributed by atoms with Crippen LogP contribution in [-0.4, -0.2) is 47.8 Å². The normalized spacial score (nSPS) is 15.3. The van der Waals surface area contributed by atoms with E-state index in [1.807, 2.05) is 4.90 Å². The number of hydrogen-bond acceptors (Lipinski definition) is 2. The third-order valence-electron chi connectivity index (χ3n) is 4.61. The Hall–Kier alpha value is -1.62. The van der Waals surface area contributed by atoms with Crippen molar-refractivity contribution >= 4 is 23.4 Å². The molecule has 25 heavy (non-hydrogen) atoms. The molecule has 2 amide bonds. The SMILES string of the molecule is CCCN(CCC)C(=O)C1CCN(C(=O)c2c(F)cccc2Cl)CC1. The van der Waals surface area contributed by atoms with Gasteiger partial charge < -0.3 is 9.80 Å². The largest absolute Gasteiger partial charge is 0.342 e. The highest BCUT2D eigenvalue weighted by Crippen LogP contribution is 2.25. The van der Waals surface area contributed by atoms with Crippen LogP contribution in [0.25, 0.3) is 0 Å². The molecule has 1 heterocycles. The Morgan fingerprint density at radius 2 is 1.80 bits per heavy atom. The van der Waals surface area contributed by atoms with Gasteiger partial charge in [-0.1, -0.05) is 31.5 Å². The summed E-state index contributed by atoms with van der Waals surface area (Å²) in [6.45, 7) is 6.58. The van der Waals surface area contributed by atoms with Crippen LogP contribution < -0.4 is 0 Å². The molecule has 1 aliphatic rings. The molecular weight excluding hydrogens is 343 g/mol. The first-order valence-corrected chi connectivity index (χ1v) is 9.39. The van der Waals surface area contributed by atoms with Gasteiger partial charge >= 0.3 is 0 Å². The summed E-state index contributed by atoms with van der Waals surface area (Å²) in [5.41, 5.74) is -0.0764. The summed E-state index contributed by atoms with van der Waals surface area (Å²) in [6.07, 6.45) is 3.10. The average molecular weight is 369 g/mol. The summed E-state index contributed by atoms with van der Waals surface area (Å²) < 4.78 is 13.9. The second-order valence-electron chi connectivity index (χ2n) is 6.49. The highest BCUT2D eigenvalue weighted by molar-refractivity contribution is 6.33. The van der Waals surface area contributed by atoms with Crippen molar-refractivity contribution in [1.29, 1.82) is 0 Å². The van der Waals surface area contributed by atoms with Crippen LogP contribution in [0, 0.1) is 11.7 Å². The van der Waals surface area contributed by atoms with Gasteiger partial charge in [-0.2, -0.15) is 0 Å². The number of likely N-dealkylation sites (tertiary alicyclic amines) is 1. The molecule has 0 atom stereocenters. The quantitative estimate of drug-likeness (QED) is 0.762. The van der Waals surface area contributed by atoms with Gasteiger partial charge in [0.25, 0.3) is 5.91 Å². The molecule has 1 aliphatic heterocycles. The molecule has 0 unspecified atom stereocenters. The van der Waals surface area contributed by atoms with Crippen LogP contribution in [0.15, 0.2) is 18.2 Å². The maximum absolute atomic E-state index is 13.9. The smallest absolute Gasteiger partial charge is 0.258 e. The first-order valence-electron chi connectivity index (χ1n) is 9.01. The molecule has 2 rings (SSSR count). The summed E-state index contributed by atoms with van der Waals surface area (Å²) in [7, 11) is 0. The topological polar surface area (TPSA) is 40.6 Å². The molecule has 6 heteroatoms. The van der Waals surface area contributed by atoms with E-state index in [0.717, 1.165) is 25.9 Å². The second-order valence-corrected chi connectivity index (χ2v) is 6.90. The summed E-state index contributed by atoms with van der Waals surface area (Å²) in [5, 5.41) is 0.125. The highest BCUT2D eigenvalue weighted by atomic mass is 35.5. The minimum atomic E-state index is -0.604. The number of carbonyl (C=O) groups is 2. The third kappa shape index (κ3) is 4.72. The van der Waals surface area contributed by atoms with Crippen molar-refractivity contribution in [2.24, 2.45) is 5.92 Å². The lowest BCUT2D eigenvalue weighted by Gasteiger charge is -2.34. The van der Waals surface area contributed by atoms with Gasteiger partial charge in [0.05, 0.1) is 10.6 Å². The minimum Gasteiger partial charge on any atom is -0.342 e. The Kier molecular flexibility index (Phi) is 7.24. The number of halogens is 2. The van der Waals surface area contributed by atoms with Crippen molar-refractivity contribution in [3.8, 4) is 0 Å². The van der Waals surface area contributed by atoms with E-state index in [9.17, 15) is 14.0 Å². The molecule has 0 saturated carbocycles. The van der Waals surface area contributed by atoms with Crippen LogP contribution in [0.4, 0.5) is 4.39 Å². The number of benzene rings is 1. The Bertz CT molecular complexity index is 589. The molecule has 1 aromatic rings. The monoisotopic (exact) mass is 368 g/mol. The van der Waals surface area contributed by atoms with Crippen molar-refractivity contribution in [2.45, 2.75) is 39.5 Å². The number of piperidine rings is 1. The molecule has 4 nitrogen and oxygen atoms in total. The lowest BCUT2D eigenvalue weighted by molar-refractivity contribution is -0.137. The molecule has 1 saturated heterocycles. The Morgan fingerprint density at radius 1 is 1.20 bits per heavy atom. The van der Waals surface area contributed by atoms with E-state index in [-0.39, 0.29) is 22.4 Å². The van der Waals surface area contributed by atoms with E-state index in [4.69, 9.17) is 11.6 Å². The zero-order valence-corrected chi connectivity index (χ0v) is 15.7. The van der Waals surface area contributed by atoms with Crippen molar-refractivity contribution < 1.29 is 14.0 Å². The van der Waals surface area contributed by atoms with Crippen molar-refractivity contribution in [3.63, 3.8) is 0 Å². The molecule has 1 aromatic carbocycles. The van der Waals surface area contributed by atoms with Crippen LogP contribution in [0.2, 0.25) is 5.02 Å². The predicted octanol–water partition coefficient (Wildman–Crippen LogP) is 3.98. The fraction of sp³-hybridized carbons (Fsp3) is 0.579. The van der Waals surface area contributed by atoms with Gasteiger partial charge in [0.1, 0.15) is 5.82 Å². The lowest BCUT2D eigenvalue weighted by Crippen LogP contribution is -2.45. The van der Waals surface area contributed by atoms with Gasteiger partial charge in [0, 0.05) is 32.1 Å². The van der Waals surface area contributed by atoms with Gasteiger partial charge in [0.15, 0.2) is 0 Å². The fourth-order valence-corrected chi connectivity index (χ4v) is 3.56. The molecule has 1 fully saturated rings. The molecule has 0 aliphatic carbocycles. The average Bonchev–Trinajstić information content (AvgIpc) is 2.61. The summed E-state index contributed by atoms with van der Waals surface area (Å²) >= 11 is 5.99.